The van der Waals surface area contributed by atoms with E-state index in [1.165, 1.54) is 0 Å². The van der Waals surface area contributed by atoms with Gasteiger partial charge in [0.1, 0.15) is 0 Å². The molecule has 124 valence electrons. The van der Waals surface area contributed by atoms with E-state index >= 15 is 0 Å². The van der Waals surface area contributed by atoms with Crippen LogP contribution in [0.15, 0.2) is 0 Å². The number of methoxy groups -OCH3 is 1. The highest BCUT2D eigenvalue weighted by molar-refractivity contribution is 5.77. The molecule has 1 aliphatic rings. The molecule has 0 unspecified atom stereocenters. The van der Waals surface area contributed by atoms with Crippen molar-refractivity contribution in [3.63, 3.8) is 0 Å². The lowest BCUT2D eigenvalue weighted by Crippen LogP contribution is -2.59. The van der Waals surface area contributed by atoms with Gasteiger partial charge in [0.25, 0.3) is 0 Å². The van der Waals surface area contributed by atoms with Crippen LogP contribution in [-0.2, 0) is 42.9 Å². The van der Waals surface area contributed by atoms with Crippen molar-refractivity contribution in [2.24, 2.45) is 0 Å². The van der Waals surface area contributed by atoms with Gasteiger partial charge in [-0.3, -0.25) is 14.4 Å². The lowest BCUT2D eigenvalue weighted by molar-refractivity contribution is -0.229. The van der Waals surface area contributed by atoms with Gasteiger partial charge in [0.05, 0.1) is 13.7 Å². The third-order valence-corrected chi connectivity index (χ3v) is 2.78. The molecule has 1 saturated heterocycles. The summed E-state index contributed by atoms with van der Waals surface area (Å²) in [5.41, 5.74) is 0. The first-order valence-corrected chi connectivity index (χ1v) is 6.47. The molecule has 0 saturated carbocycles. The minimum atomic E-state index is -1.29. The van der Waals surface area contributed by atoms with Gasteiger partial charge in [0.2, 0.25) is 0 Å². The van der Waals surface area contributed by atoms with Crippen molar-refractivity contribution >= 4 is 23.9 Å². The average Bonchev–Trinajstić information content (AvgIpc) is 2.40. The summed E-state index contributed by atoms with van der Waals surface area (Å²) in [4.78, 5) is 45.4. The molecule has 1 fully saturated rings. The third kappa shape index (κ3) is 4.69. The third-order valence-electron chi connectivity index (χ3n) is 2.78. The Morgan fingerprint density at radius 1 is 0.864 bits per heavy atom. The Labute approximate surface area is 126 Å². The Morgan fingerprint density at radius 2 is 1.36 bits per heavy atom. The van der Waals surface area contributed by atoms with E-state index in [4.69, 9.17) is 18.9 Å². The van der Waals surface area contributed by atoms with Crippen molar-refractivity contribution in [2.75, 3.05) is 13.7 Å². The van der Waals surface area contributed by atoms with Crippen LogP contribution in [0, 0.1) is 0 Å². The minimum Gasteiger partial charge on any atom is -0.467 e. The summed E-state index contributed by atoms with van der Waals surface area (Å²) in [5.74, 6) is -2.85. The molecule has 0 spiro atoms. The largest absolute Gasteiger partial charge is 0.467 e. The number of ether oxygens (including phenoxy) is 5. The quantitative estimate of drug-likeness (QED) is 0.492. The topological polar surface area (TPSA) is 114 Å². The smallest absolute Gasteiger partial charge is 0.339 e. The van der Waals surface area contributed by atoms with Gasteiger partial charge in [-0.1, -0.05) is 0 Å². The molecule has 0 amide bonds. The van der Waals surface area contributed by atoms with Gasteiger partial charge in [0.15, 0.2) is 24.4 Å². The predicted octanol–water partition coefficient (Wildman–Crippen LogP) is -0.647. The van der Waals surface area contributed by atoms with Crippen LogP contribution < -0.4 is 0 Å². The van der Waals surface area contributed by atoms with E-state index in [1.807, 2.05) is 0 Å². The van der Waals surface area contributed by atoms with Crippen LogP contribution in [0.25, 0.3) is 0 Å². The van der Waals surface area contributed by atoms with Crippen LogP contribution in [0.2, 0.25) is 0 Å². The zero-order chi connectivity index (χ0) is 16.9. The molecule has 1 rings (SSSR count). The molecule has 0 N–H and O–H groups in total. The second kappa shape index (κ2) is 7.74. The maximum Gasteiger partial charge on any atom is 0.339 e. The van der Waals surface area contributed by atoms with E-state index in [0.29, 0.717) is 0 Å². The van der Waals surface area contributed by atoms with E-state index in [9.17, 15) is 19.2 Å². The Kier molecular flexibility index (Phi) is 6.29. The maximum absolute atomic E-state index is 11.7. The van der Waals surface area contributed by atoms with Gasteiger partial charge >= 0.3 is 23.9 Å². The SMILES string of the molecule is COC(=O)[C@H]1OC[C@@H](OC(C)=O)[C@H](OC(C)=O)[C@@H]1OC(C)=O. The Hall–Kier alpha value is -2.16. The molecular weight excluding hydrogens is 300 g/mol. The molecule has 0 aromatic heterocycles. The molecule has 1 heterocycles. The summed E-state index contributed by atoms with van der Waals surface area (Å²) in [6.45, 7) is 3.21. The summed E-state index contributed by atoms with van der Waals surface area (Å²) in [6.07, 6.45) is -4.76. The van der Waals surface area contributed by atoms with E-state index in [1.54, 1.807) is 0 Å². The van der Waals surface area contributed by atoms with Crippen molar-refractivity contribution in [1.29, 1.82) is 0 Å². The summed E-state index contributed by atoms with van der Waals surface area (Å²) < 4.78 is 24.9. The first kappa shape index (κ1) is 17.9. The fourth-order valence-corrected chi connectivity index (χ4v) is 2.06. The van der Waals surface area contributed by atoms with Crippen LogP contribution >= 0.6 is 0 Å². The van der Waals surface area contributed by atoms with Gasteiger partial charge < -0.3 is 23.7 Å². The fraction of sp³-hybridized carbons (Fsp3) is 0.692. The number of carbonyl (C=O) groups is 4. The highest BCUT2D eigenvalue weighted by Crippen LogP contribution is 2.25. The summed E-state index contributed by atoms with van der Waals surface area (Å²) in [7, 11) is 1.13. The van der Waals surface area contributed by atoms with Gasteiger partial charge in [-0.25, -0.2) is 4.79 Å². The molecule has 1 aliphatic heterocycles. The monoisotopic (exact) mass is 318 g/mol. The molecule has 9 heteroatoms. The second-order valence-electron chi connectivity index (χ2n) is 4.57. The average molecular weight is 318 g/mol. The first-order valence-electron chi connectivity index (χ1n) is 6.47. The van der Waals surface area contributed by atoms with Gasteiger partial charge in [-0.05, 0) is 0 Å². The highest BCUT2D eigenvalue weighted by atomic mass is 16.7. The zero-order valence-corrected chi connectivity index (χ0v) is 12.7. The summed E-state index contributed by atoms with van der Waals surface area (Å²) >= 11 is 0. The lowest BCUT2D eigenvalue weighted by Gasteiger charge is -2.39. The molecular formula is C13H18O9. The number of carbonyl (C=O) groups excluding carboxylic acids is 4. The number of esters is 4. The molecule has 0 aromatic carbocycles. The van der Waals surface area contributed by atoms with E-state index < -0.39 is 48.3 Å². The normalized spacial score (nSPS) is 27.5. The zero-order valence-electron chi connectivity index (χ0n) is 12.7. The molecule has 22 heavy (non-hydrogen) atoms. The Morgan fingerprint density at radius 3 is 1.82 bits per heavy atom. The van der Waals surface area contributed by atoms with Gasteiger partial charge in [0, 0.05) is 20.8 Å². The van der Waals surface area contributed by atoms with Gasteiger partial charge in [-0.15, -0.1) is 0 Å². The Balaban J connectivity index is 3.09. The summed E-state index contributed by atoms with van der Waals surface area (Å²) in [5, 5.41) is 0. The van der Waals surface area contributed by atoms with Crippen molar-refractivity contribution in [1.82, 2.24) is 0 Å². The van der Waals surface area contributed by atoms with Crippen LogP contribution in [0.5, 0.6) is 0 Å². The van der Waals surface area contributed by atoms with Crippen LogP contribution in [0.3, 0.4) is 0 Å². The van der Waals surface area contributed by atoms with E-state index in [-0.39, 0.29) is 6.61 Å². The molecule has 0 bridgehead atoms. The van der Waals surface area contributed by atoms with E-state index in [0.717, 1.165) is 27.9 Å². The number of hydrogen-bond acceptors (Lipinski definition) is 9. The van der Waals surface area contributed by atoms with Crippen LogP contribution in [0.1, 0.15) is 20.8 Å². The molecule has 0 aliphatic carbocycles. The van der Waals surface area contributed by atoms with Gasteiger partial charge in [-0.2, -0.15) is 0 Å². The second-order valence-corrected chi connectivity index (χ2v) is 4.57. The number of rotatable bonds is 4. The van der Waals surface area contributed by atoms with Crippen LogP contribution in [-0.4, -0.2) is 62.0 Å². The van der Waals surface area contributed by atoms with E-state index in [2.05, 4.69) is 4.74 Å². The molecule has 4 atom stereocenters. The number of hydrogen-bond donors (Lipinski definition) is 0. The highest BCUT2D eigenvalue weighted by Gasteiger charge is 2.50. The fourth-order valence-electron chi connectivity index (χ4n) is 2.06. The lowest BCUT2D eigenvalue weighted by atomic mass is 9.99. The van der Waals surface area contributed by atoms with Crippen molar-refractivity contribution in [3.05, 3.63) is 0 Å². The van der Waals surface area contributed by atoms with Crippen molar-refractivity contribution < 1.29 is 42.9 Å². The summed E-state index contributed by atoms with van der Waals surface area (Å²) in [6, 6.07) is 0. The molecule has 0 radical (unpaired) electrons. The molecule has 9 nitrogen and oxygen atoms in total. The molecule has 0 aromatic rings. The predicted molar refractivity (Wildman–Crippen MR) is 68.4 cm³/mol. The Bertz CT molecular complexity index is 458. The first-order chi connectivity index (χ1) is 10.3. The standard InChI is InChI=1S/C13H18O9/c1-6(14)20-9-5-19-12(13(17)18-4)11(22-8(3)16)10(9)21-7(2)15/h9-12H,5H2,1-4H3/t9-,10+,11+,12+/m1/s1. The maximum atomic E-state index is 11.7. The minimum absolute atomic E-state index is 0.213. The van der Waals surface area contributed by atoms with Crippen molar-refractivity contribution in [3.8, 4) is 0 Å². The van der Waals surface area contributed by atoms with Crippen molar-refractivity contribution in [2.45, 2.75) is 45.2 Å². The van der Waals surface area contributed by atoms with Crippen LogP contribution in [0.4, 0.5) is 0 Å².